The van der Waals surface area contributed by atoms with Gasteiger partial charge in [0.25, 0.3) is 0 Å². The van der Waals surface area contributed by atoms with Crippen LogP contribution in [0.5, 0.6) is 0 Å². The van der Waals surface area contributed by atoms with Gasteiger partial charge in [0.05, 0.1) is 25.4 Å². The van der Waals surface area contributed by atoms with Crippen LogP contribution in [0.25, 0.3) is 0 Å². The van der Waals surface area contributed by atoms with Gasteiger partial charge >= 0.3 is 17.1 Å². The highest BCUT2D eigenvalue weighted by atomic mass is 28.5. The third kappa shape index (κ3) is 8.61. The van der Waals surface area contributed by atoms with Crippen molar-refractivity contribution in [3.8, 4) is 0 Å². The van der Waals surface area contributed by atoms with E-state index >= 15 is 0 Å². The van der Waals surface area contributed by atoms with E-state index in [1.165, 1.54) is 0 Å². The van der Waals surface area contributed by atoms with Crippen molar-refractivity contribution in [2.75, 3.05) is 13.2 Å². The fraction of sp³-hybridized carbons (Fsp3) is 0.882. The molecule has 9 heteroatoms. The van der Waals surface area contributed by atoms with Gasteiger partial charge in [-0.2, -0.15) is 0 Å². The summed E-state index contributed by atoms with van der Waals surface area (Å²) in [6.45, 7) is 21.4. The molecule has 0 aromatic rings. The van der Waals surface area contributed by atoms with Crippen molar-refractivity contribution in [2.24, 2.45) is 0 Å². The van der Waals surface area contributed by atoms with Crippen LogP contribution in [-0.4, -0.2) is 59.2 Å². The van der Waals surface area contributed by atoms with Gasteiger partial charge in [-0.25, -0.2) is 0 Å². The smallest absolute Gasteiger partial charge is 0.342 e. The topological polar surface area (TPSA) is 52.8 Å². The predicted octanol–water partition coefficient (Wildman–Crippen LogP) is 4.52. The quantitative estimate of drug-likeness (QED) is 0.315. The van der Waals surface area contributed by atoms with Gasteiger partial charge in [-0.3, -0.25) is 0 Å². The summed E-state index contributed by atoms with van der Waals surface area (Å²) in [5.41, 5.74) is 1.93. The molecule has 2 fully saturated rings. The Morgan fingerprint density at radius 3 is 1.62 bits per heavy atom. The van der Waals surface area contributed by atoms with Gasteiger partial charge in [-0.15, -0.1) is 6.58 Å². The fourth-order valence-electron chi connectivity index (χ4n) is 3.42. The van der Waals surface area contributed by atoms with E-state index in [9.17, 15) is 0 Å². The van der Waals surface area contributed by atoms with Crippen molar-refractivity contribution in [1.29, 1.82) is 0 Å². The molecule has 152 valence electrons. The van der Waals surface area contributed by atoms with Crippen LogP contribution in [0.2, 0.25) is 57.9 Å². The Morgan fingerprint density at radius 1 is 0.808 bits per heavy atom. The van der Waals surface area contributed by atoms with Gasteiger partial charge in [0.1, 0.15) is 0 Å². The molecule has 5 nitrogen and oxygen atoms in total. The minimum Gasteiger partial charge on any atom is -0.436 e. The molecule has 2 aliphatic rings. The van der Waals surface area contributed by atoms with E-state index in [0.29, 0.717) is 12.2 Å². The largest absolute Gasteiger partial charge is 0.436 e. The molecule has 2 aliphatic heterocycles. The van der Waals surface area contributed by atoms with Crippen LogP contribution in [-0.2, 0) is 21.8 Å². The Morgan fingerprint density at radius 2 is 1.23 bits per heavy atom. The fourth-order valence-corrected chi connectivity index (χ4v) is 21.6. The number of ether oxygens (including phenoxy) is 2. The highest BCUT2D eigenvalue weighted by Gasteiger charge is 2.45. The second-order valence-corrected chi connectivity index (χ2v) is 25.2. The SMILES string of the molecule is C=C[Si](C)(O[Si](C)(C)CCC1CO1)O[Si](C)(C)O[Si](C)(C)CCC1CO1. The van der Waals surface area contributed by atoms with Crippen molar-refractivity contribution in [2.45, 2.75) is 83.0 Å². The second kappa shape index (κ2) is 8.42. The Hall–Kier alpha value is 0.408. The molecular weight excluding hydrogens is 397 g/mol. The van der Waals surface area contributed by atoms with Crippen molar-refractivity contribution < 1.29 is 21.8 Å². The van der Waals surface area contributed by atoms with E-state index in [-0.39, 0.29) is 0 Å². The summed E-state index contributed by atoms with van der Waals surface area (Å²) in [5, 5.41) is 0. The summed E-state index contributed by atoms with van der Waals surface area (Å²) in [5.74, 6) is 0. The van der Waals surface area contributed by atoms with Gasteiger partial charge in [0, 0.05) is 0 Å². The standard InChI is InChI=1S/C17H38O5Si4/c1-9-26(8,21-24(4,5)13-11-17-15-19-17)22-25(6,7)20-23(2,3)12-10-16-14-18-16/h9,16-17H,1,10-15H2,2-8H3. The molecular formula is C17H38O5Si4. The Balaban J connectivity index is 1.89. The van der Waals surface area contributed by atoms with Crippen molar-refractivity contribution >= 4 is 33.8 Å². The van der Waals surface area contributed by atoms with E-state index in [1.807, 2.05) is 5.70 Å². The molecule has 0 N–H and O–H groups in total. The summed E-state index contributed by atoms with van der Waals surface area (Å²) >= 11 is 0. The predicted molar refractivity (Wildman–Crippen MR) is 116 cm³/mol. The lowest BCUT2D eigenvalue weighted by Crippen LogP contribution is -2.57. The summed E-state index contributed by atoms with van der Waals surface area (Å²) in [6.07, 6.45) is 3.13. The average Bonchev–Trinajstić information content (AvgIpc) is 3.35. The van der Waals surface area contributed by atoms with Gasteiger partial charge < -0.3 is 21.8 Å². The van der Waals surface area contributed by atoms with E-state index in [2.05, 4.69) is 52.4 Å². The lowest BCUT2D eigenvalue weighted by atomic mass is 10.4. The Bertz CT molecular complexity index is 492. The van der Waals surface area contributed by atoms with Crippen molar-refractivity contribution in [1.82, 2.24) is 0 Å². The molecule has 0 spiro atoms. The first-order chi connectivity index (χ1) is 11.8. The molecule has 0 radical (unpaired) electrons. The summed E-state index contributed by atoms with van der Waals surface area (Å²) in [6, 6.07) is 2.22. The van der Waals surface area contributed by atoms with Gasteiger partial charge in [0.2, 0.25) is 0 Å². The first kappa shape index (κ1) is 22.7. The lowest BCUT2D eigenvalue weighted by molar-refractivity contribution is 0.329. The summed E-state index contributed by atoms with van der Waals surface area (Å²) in [4.78, 5) is 0. The van der Waals surface area contributed by atoms with E-state index in [4.69, 9.17) is 21.8 Å². The molecule has 26 heavy (non-hydrogen) atoms. The summed E-state index contributed by atoms with van der Waals surface area (Å²) < 4.78 is 30.6. The maximum absolute atomic E-state index is 6.64. The molecule has 0 aliphatic carbocycles. The highest BCUT2D eigenvalue weighted by Crippen LogP contribution is 2.30. The van der Waals surface area contributed by atoms with Crippen LogP contribution in [0.15, 0.2) is 12.3 Å². The molecule has 2 rings (SSSR count). The molecule has 2 heterocycles. The molecule has 3 unspecified atom stereocenters. The maximum Gasteiger partial charge on any atom is 0.342 e. The summed E-state index contributed by atoms with van der Waals surface area (Å²) in [7, 11) is -8.34. The Kier molecular flexibility index (Phi) is 7.35. The minimum absolute atomic E-state index is 0.458. The third-order valence-corrected chi connectivity index (χ3v) is 20.1. The maximum atomic E-state index is 6.64. The van der Waals surface area contributed by atoms with E-state index in [0.717, 1.165) is 38.1 Å². The average molecular weight is 435 g/mol. The minimum atomic E-state index is -2.46. The van der Waals surface area contributed by atoms with Crippen LogP contribution in [0.4, 0.5) is 0 Å². The molecule has 0 aromatic carbocycles. The third-order valence-electron chi connectivity index (χ3n) is 4.76. The molecule has 3 atom stereocenters. The molecule has 0 amide bonds. The van der Waals surface area contributed by atoms with Crippen LogP contribution in [0.3, 0.4) is 0 Å². The Labute approximate surface area is 164 Å². The number of rotatable bonds is 13. The second-order valence-electron chi connectivity index (χ2n) is 9.43. The van der Waals surface area contributed by atoms with Crippen LogP contribution >= 0.6 is 0 Å². The first-order valence-electron chi connectivity index (χ1n) is 9.81. The van der Waals surface area contributed by atoms with Crippen LogP contribution in [0, 0.1) is 0 Å². The zero-order valence-corrected chi connectivity index (χ0v) is 21.7. The normalized spacial score (nSPS) is 25.7. The molecule has 2 saturated heterocycles. The van der Waals surface area contributed by atoms with Crippen LogP contribution < -0.4 is 0 Å². The zero-order valence-electron chi connectivity index (χ0n) is 17.7. The molecule has 0 aromatic heterocycles. The van der Waals surface area contributed by atoms with E-state index in [1.54, 1.807) is 0 Å². The molecule has 0 bridgehead atoms. The van der Waals surface area contributed by atoms with Gasteiger partial charge in [-0.1, -0.05) is 5.70 Å². The number of hydrogen-bond donors (Lipinski definition) is 0. The monoisotopic (exact) mass is 434 g/mol. The lowest BCUT2D eigenvalue weighted by Gasteiger charge is -2.41. The van der Waals surface area contributed by atoms with E-state index < -0.39 is 33.8 Å². The first-order valence-corrected chi connectivity index (χ1v) is 21.3. The van der Waals surface area contributed by atoms with Gasteiger partial charge in [-0.05, 0) is 70.8 Å². The molecule has 0 saturated carbocycles. The van der Waals surface area contributed by atoms with Crippen LogP contribution in [0.1, 0.15) is 12.8 Å². The zero-order chi connectivity index (χ0) is 19.6. The van der Waals surface area contributed by atoms with Crippen molar-refractivity contribution in [3.63, 3.8) is 0 Å². The highest BCUT2D eigenvalue weighted by molar-refractivity contribution is 6.91. The number of hydrogen-bond acceptors (Lipinski definition) is 5. The van der Waals surface area contributed by atoms with Gasteiger partial charge in [0.15, 0.2) is 16.6 Å². The number of epoxide rings is 2. The van der Waals surface area contributed by atoms with Crippen molar-refractivity contribution in [3.05, 3.63) is 12.3 Å².